The van der Waals surface area contributed by atoms with Gasteiger partial charge < -0.3 is 9.64 Å². The van der Waals surface area contributed by atoms with Gasteiger partial charge in [-0.05, 0) is 54.8 Å². The Kier molecular flexibility index (Phi) is 8.86. The van der Waals surface area contributed by atoms with Gasteiger partial charge in [0.1, 0.15) is 5.75 Å². The van der Waals surface area contributed by atoms with E-state index in [9.17, 15) is 13.2 Å². The molecule has 2 aromatic carbocycles. The van der Waals surface area contributed by atoms with Crippen molar-refractivity contribution < 1.29 is 17.9 Å². The third-order valence-electron chi connectivity index (χ3n) is 5.63. The number of ether oxygens (including phenoxy) is 1. The monoisotopic (exact) mass is 497 g/mol. The summed E-state index contributed by atoms with van der Waals surface area (Å²) in [6, 6.07) is 11.7. The Balaban J connectivity index is 1.74. The number of hydrogen-bond acceptors (Lipinski definition) is 4. The molecule has 32 heavy (non-hydrogen) atoms. The Hall–Kier alpha value is -1.76. The normalized spacial score (nSPS) is 17.3. The number of unbranched alkanes of at least 4 members (excludes halogenated alkanes) is 3. The van der Waals surface area contributed by atoms with Crippen molar-refractivity contribution in [1.29, 1.82) is 0 Å². The largest absolute Gasteiger partial charge is 0.494 e. The van der Waals surface area contributed by atoms with E-state index in [1.54, 1.807) is 47.4 Å². The van der Waals surface area contributed by atoms with Crippen molar-refractivity contribution >= 4 is 38.9 Å². The molecule has 8 heteroatoms. The zero-order valence-electron chi connectivity index (χ0n) is 18.2. The maximum Gasteiger partial charge on any atom is 0.254 e. The highest BCUT2D eigenvalue weighted by Gasteiger charge is 2.35. The van der Waals surface area contributed by atoms with Crippen molar-refractivity contribution in [2.24, 2.45) is 0 Å². The molecule has 0 unspecified atom stereocenters. The summed E-state index contributed by atoms with van der Waals surface area (Å²) in [5.74, 6) is 0.533. The van der Waals surface area contributed by atoms with Gasteiger partial charge in [0.25, 0.3) is 5.91 Å². The first-order chi connectivity index (χ1) is 15.3. The molecule has 2 aromatic rings. The summed E-state index contributed by atoms with van der Waals surface area (Å²) in [6.45, 7) is 3.03. The molecule has 1 heterocycles. The summed E-state index contributed by atoms with van der Waals surface area (Å²) in [5.41, 5.74) is 1.21. The molecule has 1 saturated heterocycles. The zero-order valence-corrected chi connectivity index (χ0v) is 20.6. The van der Waals surface area contributed by atoms with E-state index in [1.165, 1.54) is 12.8 Å². The third kappa shape index (κ3) is 6.87. The molecule has 3 rings (SSSR count). The van der Waals surface area contributed by atoms with Gasteiger partial charge in [0.15, 0.2) is 9.84 Å². The summed E-state index contributed by atoms with van der Waals surface area (Å²) in [7, 11) is -3.16. The van der Waals surface area contributed by atoms with Gasteiger partial charge in [0, 0.05) is 28.2 Å². The van der Waals surface area contributed by atoms with Crippen LogP contribution in [0.1, 0.15) is 54.9 Å². The van der Waals surface area contributed by atoms with Gasteiger partial charge in [0.05, 0.1) is 18.1 Å². The van der Waals surface area contributed by atoms with Crippen molar-refractivity contribution in [2.45, 2.75) is 51.6 Å². The number of hydrogen-bond donors (Lipinski definition) is 0. The van der Waals surface area contributed by atoms with Crippen LogP contribution in [0.4, 0.5) is 0 Å². The zero-order chi connectivity index (χ0) is 23.1. The average Bonchev–Trinajstić information content (AvgIpc) is 3.12. The Morgan fingerprint density at radius 3 is 2.47 bits per heavy atom. The third-order valence-corrected chi connectivity index (χ3v) is 7.97. The van der Waals surface area contributed by atoms with Gasteiger partial charge in [-0.2, -0.15) is 0 Å². The summed E-state index contributed by atoms with van der Waals surface area (Å²) < 4.78 is 29.9. The van der Waals surface area contributed by atoms with Crippen molar-refractivity contribution in [3.63, 3.8) is 0 Å². The Labute approximate surface area is 200 Å². The average molecular weight is 498 g/mol. The lowest BCUT2D eigenvalue weighted by atomic mass is 10.1. The minimum Gasteiger partial charge on any atom is -0.494 e. The molecular weight excluding hydrogens is 469 g/mol. The minimum absolute atomic E-state index is 0.0388. The first-order valence-electron chi connectivity index (χ1n) is 11.0. The van der Waals surface area contributed by atoms with E-state index in [0.717, 1.165) is 18.4 Å². The van der Waals surface area contributed by atoms with Gasteiger partial charge in [-0.25, -0.2) is 8.42 Å². The molecule has 0 bridgehead atoms. The van der Waals surface area contributed by atoms with Gasteiger partial charge in [-0.1, -0.05) is 55.5 Å². The van der Waals surface area contributed by atoms with Crippen LogP contribution >= 0.6 is 23.2 Å². The van der Waals surface area contributed by atoms with Gasteiger partial charge in [0.2, 0.25) is 0 Å². The fourth-order valence-electron chi connectivity index (χ4n) is 3.80. The second-order valence-corrected chi connectivity index (χ2v) is 11.2. The molecule has 5 nitrogen and oxygen atoms in total. The summed E-state index contributed by atoms with van der Waals surface area (Å²) >= 11 is 12.3. The highest BCUT2D eigenvalue weighted by atomic mass is 35.5. The van der Waals surface area contributed by atoms with Crippen LogP contribution in [0.3, 0.4) is 0 Å². The van der Waals surface area contributed by atoms with Crippen LogP contribution in [0.15, 0.2) is 42.5 Å². The molecule has 1 fully saturated rings. The van der Waals surface area contributed by atoms with E-state index in [1.807, 2.05) is 0 Å². The molecule has 0 N–H and O–H groups in total. The molecule has 0 radical (unpaired) electrons. The number of benzene rings is 2. The smallest absolute Gasteiger partial charge is 0.254 e. The number of carbonyl (C=O) groups excluding carboxylic acids is 1. The van der Waals surface area contributed by atoms with Crippen molar-refractivity contribution in [1.82, 2.24) is 4.90 Å². The number of carbonyl (C=O) groups is 1. The van der Waals surface area contributed by atoms with E-state index >= 15 is 0 Å². The van der Waals surface area contributed by atoms with Gasteiger partial charge in [-0.3, -0.25) is 4.79 Å². The van der Waals surface area contributed by atoms with E-state index in [0.29, 0.717) is 34.4 Å². The Morgan fingerprint density at radius 2 is 1.84 bits per heavy atom. The number of rotatable bonds is 10. The highest BCUT2D eigenvalue weighted by molar-refractivity contribution is 7.91. The maximum absolute atomic E-state index is 13.4. The SMILES string of the molecule is CCCCCCOc1ccc(C(=O)N(Cc2ccc(Cl)cc2Cl)[C@H]2CCS(=O)(=O)C2)cc1. The predicted octanol–water partition coefficient (Wildman–Crippen LogP) is 5.78. The van der Waals surface area contributed by atoms with Crippen LogP contribution in [-0.4, -0.2) is 43.4 Å². The lowest BCUT2D eigenvalue weighted by molar-refractivity contribution is 0.0681. The molecule has 1 amide bonds. The molecule has 0 aliphatic carbocycles. The van der Waals surface area contributed by atoms with Crippen molar-refractivity contribution in [2.75, 3.05) is 18.1 Å². The molecule has 174 valence electrons. The second-order valence-electron chi connectivity index (χ2n) is 8.16. The number of halogens is 2. The van der Waals surface area contributed by atoms with Crippen LogP contribution in [0.5, 0.6) is 5.75 Å². The van der Waals surface area contributed by atoms with Crippen LogP contribution in [0.25, 0.3) is 0 Å². The first kappa shape index (κ1) is 24.9. The lowest BCUT2D eigenvalue weighted by Crippen LogP contribution is -2.40. The standard InChI is InChI=1S/C24H29Cl2NO4S/c1-2-3-4-5-13-31-22-10-7-18(8-11-22)24(28)27(21-12-14-32(29,30)17-21)16-19-6-9-20(25)15-23(19)26/h6-11,15,21H,2-5,12-14,16-17H2,1H3/t21-/m0/s1. The Bertz CT molecular complexity index is 1020. The second kappa shape index (κ2) is 11.4. The lowest BCUT2D eigenvalue weighted by Gasteiger charge is -2.29. The molecular formula is C24H29Cl2NO4S. The van der Waals surface area contributed by atoms with Crippen LogP contribution in [0.2, 0.25) is 10.0 Å². The van der Waals surface area contributed by atoms with Crippen molar-refractivity contribution in [3.05, 3.63) is 63.6 Å². The van der Waals surface area contributed by atoms with Gasteiger partial charge >= 0.3 is 0 Å². The van der Waals surface area contributed by atoms with E-state index < -0.39 is 15.9 Å². The fraction of sp³-hybridized carbons (Fsp3) is 0.458. The molecule has 0 aromatic heterocycles. The molecule has 1 atom stereocenters. The minimum atomic E-state index is -3.16. The van der Waals surface area contributed by atoms with Crippen LogP contribution in [0, 0.1) is 0 Å². The summed E-state index contributed by atoms with van der Waals surface area (Å²) in [6.07, 6.45) is 4.93. The number of amides is 1. The summed E-state index contributed by atoms with van der Waals surface area (Å²) in [4.78, 5) is 15.0. The maximum atomic E-state index is 13.4. The molecule has 0 saturated carbocycles. The molecule has 1 aliphatic rings. The molecule has 1 aliphatic heterocycles. The van der Waals surface area contributed by atoms with Crippen LogP contribution in [-0.2, 0) is 16.4 Å². The predicted molar refractivity (Wildman–Crippen MR) is 129 cm³/mol. The van der Waals surface area contributed by atoms with E-state index in [-0.39, 0.29) is 24.0 Å². The number of nitrogens with zero attached hydrogens (tertiary/aromatic N) is 1. The van der Waals surface area contributed by atoms with Crippen molar-refractivity contribution in [3.8, 4) is 5.75 Å². The highest BCUT2D eigenvalue weighted by Crippen LogP contribution is 2.27. The number of sulfone groups is 1. The topological polar surface area (TPSA) is 63.7 Å². The molecule has 0 spiro atoms. The Morgan fingerprint density at radius 1 is 1.09 bits per heavy atom. The fourth-order valence-corrected chi connectivity index (χ4v) is 6.00. The van der Waals surface area contributed by atoms with Gasteiger partial charge in [-0.15, -0.1) is 0 Å². The van der Waals surface area contributed by atoms with E-state index in [4.69, 9.17) is 27.9 Å². The quantitative estimate of drug-likeness (QED) is 0.390. The first-order valence-corrected chi connectivity index (χ1v) is 13.5. The summed E-state index contributed by atoms with van der Waals surface area (Å²) in [5, 5.41) is 0.952. The van der Waals surface area contributed by atoms with E-state index in [2.05, 4.69) is 6.92 Å². The van der Waals surface area contributed by atoms with Crippen LogP contribution < -0.4 is 4.74 Å².